The van der Waals surface area contributed by atoms with E-state index in [0.717, 1.165) is 16.7 Å². The zero-order valence-corrected chi connectivity index (χ0v) is 33.7. The highest BCUT2D eigenvalue weighted by atomic mass is 31.2. The van der Waals surface area contributed by atoms with Gasteiger partial charge in [0.15, 0.2) is 0 Å². The van der Waals surface area contributed by atoms with Gasteiger partial charge in [-0.1, -0.05) is 54.6 Å². The molecule has 0 aliphatic carbocycles. The van der Waals surface area contributed by atoms with Gasteiger partial charge in [0, 0.05) is 24.7 Å². The molecular formula is C41H48N7O8P. The predicted octanol–water partition coefficient (Wildman–Crippen LogP) is 6.30. The molecule has 1 saturated heterocycles. The minimum atomic E-state index is -1.72. The highest BCUT2D eigenvalue weighted by Gasteiger charge is 2.45. The van der Waals surface area contributed by atoms with Crippen LogP contribution in [0, 0.1) is 11.3 Å². The lowest BCUT2D eigenvalue weighted by molar-refractivity contribution is -0.0925. The summed E-state index contributed by atoms with van der Waals surface area (Å²) in [6.45, 7) is 8.40. The quantitative estimate of drug-likeness (QED) is 0.0576. The molecule has 15 nitrogen and oxygen atoms in total. The SMILES string of the molecule is COc1ccc(C(OCC2OC(n3cc(-c4cn[nH]n4)c(=O)[nH]c3=O)CC2OP(OCCC#N)N(C(C)C)C(C)C)(c2ccccc2)c2ccc(OC)cc2)cc1. The van der Waals surface area contributed by atoms with Crippen molar-refractivity contribution in [2.45, 2.75) is 76.7 Å². The molecule has 1 fully saturated rings. The van der Waals surface area contributed by atoms with Gasteiger partial charge < -0.3 is 28.0 Å². The summed E-state index contributed by atoms with van der Waals surface area (Å²) in [7, 11) is 1.52. The van der Waals surface area contributed by atoms with E-state index < -0.39 is 43.8 Å². The average molecular weight is 798 g/mol. The Balaban J connectivity index is 1.45. The highest BCUT2D eigenvalue weighted by Crippen LogP contribution is 2.50. The standard InChI is InChI=1S/C41H48N7O8P/c1-27(2)48(28(3)4)57(54-22-10-21-42)56-36-23-38(47-25-34(35-24-43-46-45-35)39(49)44-40(47)50)55-37(36)26-53-41(29-11-8-7-9-12-29,30-13-17-32(51-5)18-14-30)31-15-19-33(52-6)20-16-31/h7-9,11-20,24-25,27-28,36-38H,10,22-23,26H2,1-6H3,(H,43,45,46)(H,44,49,50). The Bertz CT molecular complexity index is 2130. The molecule has 4 unspecified atom stereocenters. The molecule has 0 radical (unpaired) electrons. The van der Waals surface area contributed by atoms with E-state index in [4.69, 9.17) is 28.0 Å². The molecule has 300 valence electrons. The van der Waals surface area contributed by atoms with Crippen molar-refractivity contribution in [2.75, 3.05) is 27.4 Å². The number of rotatable bonds is 18. The molecule has 5 aromatic rings. The summed E-state index contributed by atoms with van der Waals surface area (Å²) < 4.78 is 41.8. The Morgan fingerprint density at radius 2 is 1.56 bits per heavy atom. The fraction of sp³-hybridized carbons (Fsp3) is 0.390. The fourth-order valence-electron chi connectivity index (χ4n) is 7.04. The third-order valence-electron chi connectivity index (χ3n) is 9.67. The summed E-state index contributed by atoms with van der Waals surface area (Å²) >= 11 is 0. The lowest BCUT2D eigenvalue weighted by Gasteiger charge is -2.39. The van der Waals surface area contributed by atoms with E-state index >= 15 is 0 Å². The van der Waals surface area contributed by atoms with Crippen molar-refractivity contribution >= 4 is 8.53 Å². The Kier molecular flexibility index (Phi) is 13.7. The highest BCUT2D eigenvalue weighted by molar-refractivity contribution is 7.44. The number of nitrogens with one attached hydrogen (secondary N) is 2. The van der Waals surface area contributed by atoms with Crippen molar-refractivity contribution in [1.82, 2.24) is 29.6 Å². The van der Waals surface area contributed by atoms with Crippen LogP contribution in [0.15, 0.2) is 101 Å². The molecule has 57 heavy (non-hydrogen) atoms. The summed E-state index contributed by atoms with van der Waals surface area (Å²) in [4.78, 5) is 28.8. The Labute approximate surface area is 332 Å². The lowest BCUT2D eigenvalue weighted by atomic mass is 9.80. The van der Waals surface area contributed by atoms with Gasteiger partial charge in [-0.2, -0.15) is 20.7 Å². The molecule has 4 atom stereocenters. The molecule has 16 heteroatoms. The van der Waals surface area contributed by atoms with E-state index in [0.29, 0.717) is 11.5 Å². The topological polar surface area (TPSA) is 179 Å². The van der Waals surface area contributed by atoms with E-state index in [-0.39, 0.29) is 49.4 Å². The number of hydrogen-bond donors (Lipinski definition) is 2. The van der Waals surface area contributed by atoms with Crippen LogP contribution < -0.4 is 20.7 Å². The first-order chi connectivity index (χ1) is 27.6. The Morgan fingerprint density at radius 1 is 0.947 bits per heavy atom. The van der Waals surface area contributed by atoms with E-state index in [2.05, 4.69) is 58.8 Å². The van der Waals surface area contributed by atoms with Crippen molar-refractivity contribution in [3.05, 3.63) is 129 Å². The van der Waals surface area contributed by atoms with Crippen LogP contribution in [0.25, 0.3) is 11.3 Å². The number of H-pyrrole nitrogens is 2. The van der Waals surface area contributed by atoms with Crippen molar-refractivity contribution < 1.29 is 28.0 Å². The van der Waals surface area contributed by atoms with Gasteiger partial charge >= 0.3 is 5.69 Å². The summed E-state index contributed by atoms with van der Waals surface area (Å²) in [6.07, 6.45) is 0.905. The normalized spacial score (nSPS) is 17.6. The summed E-state index contributed by atoms with van der Waals surface area (Å²) in [5.41, 5.74) is 0.473. The van der Waals surface area contributed by atoms with Crippen LogP contribution in [0.1, 0.15) is 63.5 Å². The maximum atomic E-state index is 13.5. The van der Waals surface area contributed by atoms with Gasteiger partial charge in [-0.25, -0.2) is 9.46 Å². The van der Waals surface area contributed by atoms with Crippen LogP contribution >= 0.6 is 8.53 Å². The number of hydrogen-bond acceptors (Lipinski definition) is 12. The van der Waals surface area contributed by atoms with Gasteiger partial charge in [-0.15, -0.1) is 0 Å². The van der Waals surface area contributed by atoms with Crippen LogP contribution in [-0.4, -0.2) is 81.4 Å². The average Bonchev–Trinajstić information content (AvgIpc) is 3.90. The van der Waals surface area contributed by atoms with E-state index in [1.807, 2.05) is 78.9 Å². The summed E-state index contributed by atoms with van der Waals surface area (Å²) in [6, 6.07) is 27.6. The zero-order valence-electron chi connectivity index (χ0n) is 32.8. The zero-order chi connectivity index (χ0) is 40.5. The van der Waals surface area contributed by atoms with Gasteiger partial charge in [-0.3, -0.25) is 14.3 Å². The van der Waals surface area contributed by atoms with Crippen LogP contribution in [0.4, 0.5) is 0 Å². The third kappa shape index (κ3) is 9.18. The maximum Gasteiger partial charge on any atom is 0.330 e. The first-order valence-corrected chi connectivity index (χ1v) is 19.8. The third-order valence-corrected chi connectivity index (χ3v) is 11.8. The molecule has 2 N–H and O–H groups in total. The minimum Gasteiger partial charge on any atom is -0.497 e. The Morgan fingerprint density at radius 3 is 2.11 bits per heavy atom. The van der Waals surface area contributed by atoms with Crippen LogP contribution in [-0.2, 0) is 24.1 Å². The molecule has 1 aliphatic heterocycles. The molecule has 2 aromatic heterocycles. The Hall–Kier alpha value is -5.20. The molecule has 0 bridgehead atoms. The number of aromatic nitrogens is 5. The number of methoxy groups -OCH3 is 2. The molecular weight excluding hydrogens is 749 g/mol. The van der Waals surface area contributed by atoms with Gasteiger partial charge in [0.25, 0.3) is 14.1 Å². The lowest BCUT2D eigenvalue weighted by Crippen LogP contribution is -2.39. The van der Waals surface area contributed by atoms with Crippen molar-refractivity contribution in [2.24, 2.45) is 0 Å². The number of nitriles is 1. The minimum absolute atomic E-state index is 0.00685. The smallest absolute Gasteiger partial charge is 0.330 e. The van der Waals surface area contributed by atoms with E-state index in [9.17, 15) is 14.9 Å². The summed E-state index contributed by atoms with van der Waals surface area (Å²) in [5.74, 6) is 1.37. The molecule has 6 rings (SSSR count). The first kappa shape index (κ1) is 41.4. The van der Waals surface area contributed by atoms with E-state index in [1.54, 1.807) is 14.2 Å². The second kappa shape index (κ2) is 18.8. The van der Waals surface area contributed by atoms with Gasteiger partial charge in [0.2, 0.25) is 0 Å². The number of benzene rings is 3. The van der Waals surface area contributed by atoms with E-state index in [1.165, 1.54) is 17.0 Å². The van der Waals surface area contributed by atoms with Crippen molar-refractivity contribution in [3.63, 3.8) is 0 Å². The first-order valence-electron chi connectivity index (χ1n) is 18.7. The van der Waals surface area contributed by atoms with Crippen LogP contribution in [0.3, 0.4) is 0 Å². The van der Waals surface area contributed by atoms with Gasteiger partial charge in [0.1, 0.15) is 35.1 Å². The molecule has 3 aromatic carbocycles. The molecule has 1 aliphatic rings. The molecule has 0 amide bonds. The van der Waals surface area contributed by atoms with Crippen molar-refractivity contribution in [3.8, 4) is 28.8 Å². The van der Waals surface area contributed by atoms with Gasteiger partial charge in [-0.05, 0) is 68.7 Å². The number of aromatic amines is 2. The van der Waals surface area contributed by atoms with Crippen LogP contribution in [0.5, 0.6) is 11.5 Å². The summed E-state index contributed by atoms with van der Waals surface area (Å²) in [5, 5.41) is 19.7. The number of nitrogens with zero attached hydrogens (tertiary/aromatic N) is 5. The largest absolute Gasteiger partial charge is 0.497 e. The second-order valence-electron chi connectivity index (χ2n) is 13.9. The number of ether oxygens (including phenoxy) is 4. The van der Waals surface area contributed by atoms with Crippen molar-refractivity contribution in [1.29, 1.82) is 5.26 Å². The predicted molar refractivity (Wildman–Crippen MR) is 214 cm³/mol. The molecule has 0 saturated carbocycles. The monoisotopic (exact) mass is 797 g/mol. The second-order valence-corrected chi connectivity index (χ2v) is 15.3. The maximum absolute atomic E-state index is 13.5. The van der Waals surface area contributed by atoms with Crippen LogP contribution in [0.2, 0.25) is 0 Å². The van der Waals surface area contributed by atoms with Gasteiger partial charge in [0.05, 0.1) is 57.8 Å². The molecule has 3 heterocycles. The fourth-order valence-corrected chi connectivity index (χ4v) is 8.80. The molecule has 0 spiro atoms.